The molecule has 1 saturated heterocycles. The lowest BCUT2D eigenvalue weighted by Gasteiger charge is -2.35. The van der Waals surface area contributed by atoms with Crippen LogP contribution < -0.4 is 15.0 Å². The van der Waals surface area contributed by atoms with Crippen LogP contribution in [0.1, 0.15) is 25.8 Å². The Bertz CT molecular complexity index is 390. The van der Waals surface area contributed by atoms with E-state index in [2.05, 4.69) is 38.3 Å². The van der Waals surface area contributed by atoms with Crippen molar-refractivity contribution < 1.29 is 15.0 Å². The fourth-order valence-electron chi connectivity index (χ4n) is 3.08. The lowest BCUT2D eigenvalue weighted by Crippen LogP contribution is -3.16. The predicted molar refractivity (Wildman–Crippen MR) is 77.4 cm³/mol. The molecule has 0 radical (unpaired) electrons. The molecular weight excluding hydrogens is 236 g/mol. The predicted octanol–water partition coefficient (Wildman–Crippen LogP) is 0.0702. The zero-order valence-electron chi connectivity index (χ0n) is 12.6. The highest BCUT2D eigenvalue weighted by Gasteiger charge is 2.34. The molecule has 3 N–H and O–H groups in total. The van der Waals surface area contributed by atoms with E-state index >= 15 is 0 Å². The lowest BCUT2D eigenvalue weighted by molar-refractivity contribution is -0.923. The first kappa shape index (κ1) is 14.4. The van der Waals surface area contributed by atoms with E-state index in [1.54, 1.807) is 12.0 Å². The molecule has 0 spiro atoms. The van der Waals surface area contributed by atoms with Gasteiger partial charge < -0.3 is 15.0 Å². The molecule has 3 nitrogen and oxygen atoms in total. The molecule has 3 heteroatoms. The summed E-state index contributed by atoms with van der Waals surface area (Å²) in [5.41, 5.74) is 1.38. The van der Waals surface area contributed by atoms with E-state index in [9.17, 15) is 0 Å². The number of methoxy groups -OCH3 is 1. The van der Waals surface area contributed by atoms with Crippen molar-refractivity contribution >= 4 is 0 Å². The van der Waals surface area contributed by atoms with Crippen molar-refractivity contribution in [1.82, 2.24) is 0 Å². The zero-order valence-corrected chi connectivity index (χ0v) is 12.6. The fourth-order valence-corrected chi connectivity index (χ4v) is 3.08. The average Bonchev–Trinajstić information content (AvgIpc) is 2.42. The standard InChI is InChI=1S/C16H26N2O/c1-12-11-18(3)13(2)9-16(12)17-10-14-5-7-15(19-4)8-6-14/h5-8,12-13,16-17H,9-11H2,1-4H3/p+2/t12-,13-,16-/m1/s1. The maximum absolute atomic E-state index is 5.19. The van der Waals surface area contributed by atoms with Crippen LogP contribution in [0.4, 0.5) is 0 Å². The number of rotatable bonds is 4. The molecule has 0 saturated carbocycles. The Hall–Kier alpha value is -1.06. The number of nitrogens with one attached hydrogen (secondary N) is 1. The summed E-state index contributed by atoms with van der Waals surface area (Å²) in [6.45, 7) is 7.13. The molecule has 19 heavy (non-hydrogen) atoms. The van der Waals surface area contributed by atoms with E-state index in [1.165, 1.54) is 18.5 Å². The Morgan fingerprint density at radius 3 is 2.58 bits per heavy atom. The second-order valence-corrected chi connectivity index (χ2v) is 6.12. The Morgan fingerprint density at radius 1 is 1.26 bits per heavy atom. The minimum Gasteiger partial charge on any atom is -0.497 e. The van der Waals surface area contributed by atoms with Crippen molar-refractivity contribution in [3.05, 3.63) is 29.8 Å². The first-order valence-electron chi connectivity index (χ1n) is 7.38. The Morgan fingerprint density at radius 2 is 1.95 bits per heavy atom. The molecule has 1 aromatic rings. The first-order valence-corrected chi connectivity index (χ1v) is 7.38. The van der Waals surface area contributed by atoms with Crippen LogP contribution in [0.25, 0.3) is 0 Å². The summed E-state index contributed by atoms with van der Waals surface area (Å²) >= 11 is 0. The summed E-state index contributed by atoms with van der Waals surface area (Å²) in [7, 11) is 4.03. The van der Waals surface area contributed by atoms with Crippen molar-refractivity contribution in [1.29, 1.82) is 0 Å². The lowest BCUT2D eigenvalue weighted by atomic mass is 9.90. The third-order valence-corrected chi connectivity index (χ3v) is 4.66. The van der Waals surface area contributed by atoms with Crippen LogP contribution in [-0.2, 0) is 6.54 Å². The van der Waals surface area contributed by atoms with Crippen molar-refractivity contribution in [2.75, 3.05) is 20.7 Å². The second-order valence-electron chi connectivity index (χ2n) is 6.12. The molecule has 106 valence electrons. The van der Waals surface area contributed by atoms with Crippen molar-refractivity contribution in [2.24, 2.45) is 5.92 Å². The van der Waals surface area contributed by atoms with Crippen molar-refractivity contribution in [2.45, 2.75) is 38.9 Å². The van der Waals surface area contributed by atoms with E-state index in [0.717, 1.165) is 30.3 Å². The Kier molecular flexibility index (Phi) is 4.83. The van der Waals surface area contributed by atoms with Gasteiger partial charge in [-0.15, -0.1) is 0 Å². The van der Waals surface area contributed by atoms with E-state index in [1.807, 2.05) is 12.1 Å². The SMILES string of the molecule is COc1ccc(C[NH2+][C@@H]2C[C@@H](C)[NH+](C)C[C@H]2C)cc1. The van der Waals surface area contributed by atoms with Gasteiger partial charge in [0.25, 0.3) is 0 Å². The number of ether oxygens (including phenoxy) is 1. The first-order chi connectivity index (χ1) is 9.10. The third kappa shape index (κ3) is 3.71. The van der Waals surface area contributed by atoms with Gasteiger partial charge in [-0.1, -0.05) is 6.92 Å². The summed E-state index contributed by atoms with van der Waals surface area (Å²) in [6, 6.07) is 9.99. The molecule has 0 aromatic heterocycles. The maximum Gasteiger partial charge on any atom is 0.118 e. The van der Waals surface area contributed by atoms with Gasteiger partial charge in [0.2, 0.25) is 0 Å². The highest BCUT2D eigenvalue weighted by atomic mass is 16.5. The summed E-state index contributed by atoms with van der Waals surface area (Å²) in [5.74, 6) is 1.74. The van der Waals surface area contributed by atoms with Gasteiger partial charge >= 0.3 is 0 Å². The van der Waals surface area contributed by atoms with E-state index in [-0.39, 0.29) is 0 Å². The highest BCUT2D eigenvalue weighted by Crippen LogP contribution is 2.11. The number of nitrogens with two attached hydrogens (primary N) is 1. The van der Waals surface area contributed by atoms with Gasteiger partial charge in [0.15, 0.2) is 0 Å². The highest BCUT2D eigenvalue weighted by molar-refractivity contribution is 5.26. The quantitative estimate of drug-likeness (QED) is 0.792. The normalized spacial score (nSPS) is 31.2. The topological polar surface area (TPSA) is 30.3 Å². The third-order valence-electron chi connectivity index (χ3n) is 4.66. The van der Waals surface area contributed by atoms with Crippen LogP contribution in [0.3, 0.4) is 0 Å². The van der Waals surface area contributed by atoms with Gasteiger partial charge in [-0.2, -0.15) is 0 Å². The summed E-state index contributed by atoms with van der Waals surface area (Å²) < 4.78 is 5.19. The Labute approximate surface area is 116 Å². The number of hydrogen-bond acceptors (Lipinski definition) is 1. The number of quaternary nitrogens is 2. The summed E-state index contributed by atoms with van der Waals surface area (Å²) in [4.78, 5) is 1.68. The minimum atomic E-state index is 0.765. The monoisotopic (exact) mass is 264 g/mol. The number of hydrogen-bond donors (Lipinski definition) is 2. The van der Waals surface area contributed by atoms with E-state index in [0.29, 0.717) is 0 Å². The average molecular weight is 264 g/mol. The van der Waals surface area contributed by atoms with Crippen molar-refractivity contribution in [3.8, 4) is 5.75 Å². The molecule has 0 amide bonds. The van der Waals surface area contributed by atoms with Crippen LogP contribution in [0.2, 0.25) is 0 Å². The molecule has 4 atom stereocenters. The molecule has 1 aromatic carbocycles. The van der Waals surface area contributed by atoms with Gasteiger partial charge in [-0.25, -0.2) is 0 Å². The van der Waals surface area contributed by atoms with Gasteiger partial charge in [-0.3, -0.25) is 0 Å². The van der Waals surface area contributed by atoms with Gasteiger partial charge in [0.1, 0.15) is 12.3 Å². The smallest absolute Gasteiger partial charge is 0.118 e. The summed E-state index contributed by atoms with van der Waals surface area (Å²) in [5, 5.41) is 2.52. The summed E-state index contributed by atoms with van der Waals surface area (Å²) in [6.07, 6.45) is 1.32. The fraction of sp³-hybridized carbons (Fsp3) is 0.625. The number of piperidine rings is 1. The molecule has 2 rings (SSSR count). The molecule has 1 aliphatic rings. The Balaban J connectivity index is 1.87. The molecule has 1 heterocycles. The van der Waals surface area contributed by atoms with Gasteiger partial charge in [-0.05, 0) is 31.2 Å². The zero-order chi connectivity index (χ0) is 13.8. The van der Waals surface area contributed by atoms with Crippen LogP contribution in [-0.4, -0.2) is 32.8 Å². The molecule has 0 aliphatic carbocycles. The van der Waals surface area contributed by atoms with Crippen LogP contribution in [0, 0.1) is 5.92 Å². The van der Waals surface area contributed by atoms with Crippen LogP contribution in [0.15, 0.2) is 24.3 Å². The minimum absolute atomic E-state index is 0.765. The van der Waals surface area contributed by atoms with E-state index in [4.69, 9.17) is 4.74 Å². The molecule has 1 unspecified atom stereocenters. The molecule has 0 bridgehead atoms. The largest absolute Gasteiger partial charge is 0.497 e. The number of benzene rings is 1. The maximum atomic E-state index is 5.19. The van der Waals surface area contributed by atoms with Gasteiger partial charge in [0, 0.05) is 5.56 Å². The van der Waals surface area contributed by atoms with Gasteiger partial charge in [0.05, 0.1) is 45.1 Å². The van der Waals surface area contributed by atoms with Crippen LogP contribution in [0.5, 0.6) is 5.75 Å². The molecule has 1 fully saturated rings. The molecule has 1 aliphatic heterocycles. The van der Waals surface area contributed by atoms with E-state index < -0.39 is 0 Å². The van der Waals surface area contributed by atoms with Crippen LogP contribution >= 0.6 is 0 Å². The van der Waals surface area contributed by atoms with Crippen molar-refractivity contribution in [3.63, 3.8) is 0 Å². The molecular formula is C16H28N2O+2. The second kappa shape index (κ2) is 6.40. The number of likely N-dealkylation sites (tertiary alicyclic amines) is 1.